The predicted molar refractivity (Wildman–Crippen MR) is 173 cm³/mol. The van der Waals surface area contributed by atoms with Crippen LogP contribution in [0.3, 0.4) is 0 Å². The molecular formula is C38H36N2O2. The molecule has 2 N–H and O–H groups in total. The Hall–Kier alpha value is -4.18. The number of hydrogen-bond donors (Lipinski definition) is 2. The van der Waals surface area contributed by atoms with Crippen LogP contribution in [-0.2, 0) is 25.7 Å². The minimum Gasteiger partial charge on any atom is -0.508 e. The molecule has 0 bridgehead atoms. The third-order valence-corrected chi connectivity index (χ3v) is 10.3. The molecule has 210 valence electrons. The van der Waals surface area contributed by atoms with Crippen molar-refractivity contribution >= 4 is 32.9 Å². The maximum atomic E-state index is 10.8. The van der Waals surface area contributed by atoms with Gasteiger partial charge in [-0.05, 0) is 166 Å². The van der Waals surface area contributed by atoms with Gasteiger partial charge in [-0.25, -0.2) is 0 Å². The number of fused-ring (bicyclic) bond motifs is 2. The van der Waals surface area contributed by atoms with Crippen LogP contribution in [0.1, 0.15) is 47.9 Å². The van der Waals surface area contributed by atoms with Crippen molar-refractivity contribution in [1.82, 2.24) is 0 Å². The molecule has 4 aliphatic heterocycles. The van der Waals surface area contributed by atoms with Gasteiger partial charge in [0.1, 0.15) is 11.5 Å². The zero-order valence-electron chi connectivity index (χ0n) is 24.0. The summed E-state index contributed by atoms with van der Waals surface area (Å²) in [5.41, 5.74) is 13.5. The molecule has 9 rings (SSSR count). The zero-order chi connectivity index (χ0) is 27.9. The Bertz CT molecular complexity index is 1740. The first-order valence-electron chi connectivity index (χ1n) is 15.9. The van der Waals surface area contributed by atoms with Gasteiger partial charge in [-0.3, -0.25) is 0 Å². The van der Waals surface area contributed by atoms with E-state index >= 15 is 0 Å². The summed E-state index contributed by atoms with van der Waals surface area (Å²) in [5, 5.41) is 26.1. The van der Waals surface area contributed by atoms with E-state index in [4.69, 9.17) is 0 Å². The van der Waals surface area contributed by atoms with E-state index in [9.17, 15) is 10.2 Å². The molecule has 0 unspecified atom stereocenters. The molecule has 4 heterocycles. The molecule has 0 spiro atoms. The van der Waals surface area contributed by atoms with Gasteiger partial charge in [-0.2, -0.15) is 0 Å². The summed E-state index contributed by atoms with van der Waals surface area (Å²) >= 11 is 0. The van der Waals surface area contributed by atoms with Gasteiger partial charge in [-0.15, -0.1) is 0 Å². The first kappa shape index (κ1) is 24.4. The quantitative estimate of drug-likeness (QED) is 0.217. The Labute approximate surface area is 246 Å². The molecule has 5 aromatic rings. The monoisotopic (exact) mass is 552 g/mol. The lowest BCUT2D eigenvalue weighted by atomic mass is 9.81. The van der Waals surface area contributed by atoms with Crippen molar-refractivity contribution in [3.63, 3.8) is 0 Å². The average Bonchev–Trinajstić information content (AvgIpc) is 3.00. The van der Waals surface area contributed by atoms with Crippen LogP contribution in [0.2, 0.25) is 0 Å². The second-order valence-corrected chi connectivity index (χ2v) is 12.9. The standard InChI is InChI=1S/C38H36N2O2/c41-29-10-12-32-33(21-29)35(27-17-23-5-1-13-39-14-2-6-24(18-27)37(23)39)31-11-9-30(42)22-34(31)36(32)28-19-25-7-3-15-40-16-4-8-26(20-28)38(25)40/h9-12,17-22,41-42H,1-8,13-16H2. The van der Waals surface area contributed by atoms with E-state index in [0.717, 1.165) is 84.5 Å². The number of nitrogens with zero attached hydrogens (tertiary/aromatic N) is 2. The second-order valence-electron chi connectivity index (χ2n) is 12.9. The van der Waals surface area contributed by atoms with E-state index in [1.54, 1.807) is 0 Å². The Morgan fingerprint density at radius 2 is 0.786 bits per heavy atom. The van der Waals surface area contributed by atoms with Gasteiger partial charge in [0.2, 0.25) is 0 Å². The van der Waals surface area contributed by atoms with Gasteiger partial charge < -0.3 is 20.0 Å². The summed E-state index contributed by atoms with van der Waals surface area (Å²) in [6, 6.07) is 21.4. The van der Waals surface area contributed by atoms with Crippen LogP contribution in [0.4, 0.5) is 11.4 Å². The van der Waals surface area contributed by atoms with Crippen molar-refractivity contribution in [3.05, 3.63) is 82.9 Å². The summed E-state index contributed by atoms with van der Waals surface area (Å²) in [4.78, 5) is 5.18. The number of rotatable bonds is 2. The molecule has 0 radical (unpaired) electrons. The molecule has 4 nitrogen and oxygen atoms in total. The minimum atomic E-state index is 0.287. The molecule has 0 aliphatic carbocycles. The number of hydrogen-bond acceptors (Lipinski definition) is 4. The maximum absolute atomic E-state index is 10.8. The van der Waals surface area contributed by atoms with E-state index < -0.39 is 0 Å². The smallest absolute Gasteiger partial charge is 0.116 e. The lowest BCUT2D eigenvalue weighted by Crippen LogP contribution is -2.34. The lowest BCUT2D eigenvalue weighted by molar-refractivity contribution is 0.475. The molecular weight excluding hydrogens is 516 g/mol. The SMILES string of the molecule is Oc1ccc2c(-c3cc4c5c(c3)CCCN5CCC4)c3cc(O)ccc3c(-c3cc4c5c(c3)CCCN5CCC4)c2c1. The first-order chi connectivity index (χ1) is 20.6. The summed E-state index contributed by atoms with van der Waals surface area (Å²) in [6.07, 6.45) is 9.24. The van der Waals surface area contributed by atoms with Crippen LogP contribution < -0.4 is 9.80 Å². The van der Waals surface area contributed by atoms with E-state index in [1.807, 2.05) is 24.3 Å². The second kappa shape index (κ2) is 9.16. The highest BCUT2D eigenvalue weighted by molar-refractivity contribution is 6.22. The zero-order valence-corrected chi connectivity index (χ0v) is 24.0. The minimum absolute atomic E-state index is 0.287. The molecule has 0 atom stereocenters. The van der Waals surface area contributed by atoms with Crippen LogP contribution in [-0.4, -0.2) is 36.4 Å². The number of benzene rings is 5. The van der Waals surface area contributed by atoms with Crippen molar-refractivity contribution < 1.29 is 10.2 Å². The fourth-order valence-corrected chi connectivity index (χ4v) is 8.72. The van der Waals surface area contributed by atoms with Crippen molar-refractivity contribution in [3.8, 4) is 33.8 Å². The highest BCUT2D eigenvalue weighted by atomic mass is 16.3. The number of phenols is 2. The van der Waals surface area contributed by atoms with Gasteiger partial charge in [0.15, 0.2) is 0 Å². The number of anilines is 2. The van der Waals surface area contributed by atoms with Crippen LogP contribution >= 0.6 is 0 Å². The molecule has 0 saturated heterocycles. The Balaban J connectivity index is 1.37. The Morgan fingerprint density at radius 3 is 1.14 bits per heavy atom. The van der Waals surface area contributed by atoms with Crippen LogP contribution in [0.15, 0.2) is 60.7 Å². The van der Waals surface area contributed by atoms with Crippen molar-refractivity contribution in [2.75, 3.05) is 36.0 Å². The van der Waals surface area contributed by atoms with Crippen molar-refractivity contribution in [1.29, 1.82) is 0 Å². The first-order valence-corrected chi connectivity index (χ1v) is 15.9. The molecule has 5 aromatic carbocycles. The van der Waals surface area contributed by atoms with E-state index in [1.165, 1.54) is 70.4 Å². The van der Waals surface area contributed by atoms with E-state index in [2.05, 4.69) is 46.2 Å². The molecule has 0 aromatic heterocycles. The Kier molecular flexibility index (Phi) is 5.33. The largest absolute Gasteiger partial charge is 0.508 e. The molecule has 42 heavy (non-hydrogen) atoms. The average molecular weight is 553 g/mol. The topological polar surface area (TPSA) is 46.9 Å². The van der Waals surface area contributed by atoms with Crippen LogP contribution in [0.25, 0.3) is 43.8 Å². The molecule has 0 saturated carbocycles. The number of aryl methyl sites for hydroxylation is 4. The Morgan fingerprint density at radius 1 is 0.429 bits per heavy atom. The summed E-state index contributed by atoms with van der Waals surface area (Å²) in [6.45, 7) is 4.64. The van der Waals surface area contributed by atoms with Crippen molar-refractivity contribution in [2.24, 2.45) is 0 Å². The van der Waals surface area contributed by atoms with Crippen LogP contribution in [0.5, 0.6) is 11.5 Å². The molecule has 4 aliphatic rings. The van der Waals surface area contributed by atoms with Gasteiger partial charge in [0.05, 0.1) is 0 Å². The van der Waals surface area contributed by atoms with Crippen molar-refractivity contribution in [2.45, 2.75) is 51.4 Å². The highest BCUT2D eigenvalue weighted by Gasteiger charge is 2.28. The third-order valence-electron chi connectivity index (χ3n) is 10.3. The van der Waals surface area contributed by atoms with E-state index in [0.29, 0.717) is 0 Å². The summed E-state index contributed by atoms with van der Waals surface area (Å²) < 4.78 is 0. The lowest BCUT2D eigenvalue weighted by Gasteiger charge is -2.37. The van der Waals surface area contributed by atoms with Gasteiger partial charge in [0, 0.05) is 37.6 Å². The molecule has 0 fully saturated rings. The normalized spacial score (nSPS) is 17.4. The molecule has 4 heteroatoms. The maximum Gasteiger partial charge on any atom is 0.116 e. The third kappa shape index (κ3) is 3.60. The van der Waals surface area contributed by atoms with E-state index in [-0.39, 0.29) is 11.5 Å². The van der Waals surface area contributed by atoms with Gasteiger partial charge in [0.25, 0.3) is 0 Å². The molecule has 0 amide bonds. The van der Waals surface area contributed by atoms with Gasteiger partial charge in [-0.1, -0.05) is 12.1 Å². The van der Waals surface area contributed by atoms with Gasteiger partial charge >= 0.3 is 0 Å². The summed E-state index contributed by atoms with van der Waals surface area (Å²) in [7, 11) is 0. The number of aromatic hydroxyl groups is 2. The summed E-state index contributed by atoms with van der Waals surface area (Å²) in [5.74, 6) is 0.573. The van der Waals surface area contributed by atoms with Crippen LogP contribution in [0, 0.1) is 0 Å². The fourth-order valence-electron chi connectivity index (χ4n) is 8.72. The fraction of sp³-hybridized carbons (Fsp3) is 0.316. The predicted octanol–water partition coefficient (Wildman–Crippen LogP) is 8.14. The highest BCUT2D eigenvalue weighted by Crippen LogP contribution is 2.49. The number of phenolic OH excluding ortho intramolecular Hbond substituents is 2.